The predicted octanol–water partition coefficient (Wildman–Crippen LogP) is 1.94. The molecule has 0 bridgehead atoms. The lowest BCUT2D eigenvalue weighted by Crippen LogP contribution is -2.51. The molecule has 0 aliphatic heterocycles. The van der Waals surface area contributed by atoms with Crippen LogP contribution in [-0.2, 0) is 20.7 Å². The smallest absolute Gasteiger partial charge is 0.408 e. The van der Waals surface area contributed by atoms with Gasteiger partial charge >= 0.3 is 6.09 Å². The van der Waals surface area contributed by atoms with Gasteiger partial charge in [0.05, 0.1) is 6.04 Å². The number of nitrogens with two attached hydrogens (primary N) is 1. The van der Waals surface area contributed by atoms with Crippen LogP contribution in [0.5, 0.6) is 0 Å². The fourth-order valence-electron chi connectivity index (χ4n) is 2.50. The minimum Gasteiger partial charge on any atom is -0.444 e. The molecule has 0 aromatic heterocycles. The average Bonchev–Trinajstić information content (AvgIpc) is 2.59. The Bertz CT molecular complexity index is 599. The normalized spacial score (nSPS) is 13.3. The third-order valence-electron chi connectivity index (χ3n) is 3.74. The zero-order valence-corrected chi connectivity index (χ0v) is 16.4. The van der Waals surface area contributed by atoms with E-state index in [4.69, 9.17) is 10.5 Å². The van der Waals surface area contributed by atoms with Crippen LogP contribution in [0.2, 0.25) is 0 Å². The van der Waals surface area contributed by atoms with Crippen molar-refractivity contribution in [3.05, 3.63) is 35.9 Å². The van der Waals surface area contributed by atoms with E-state index in [1.54, 1.807) is 20.8 Å². The van der Waals surface area contributed by atoms with E-state index in [1.165, 1.54) is 0 Å². The Hall–Kier alpha value is -2.41. The molecule has 27 heavy (non-hydrogen) atoms. The van der Waals surface area contributed by atoms with E-state index in [-0.39, 0.29) is 0 Å². The lowest BCUT2D eigenvalue weighted by atomic mass is 10.1. The summed E-state index contributed by atoms with van der Waals surface area (Å²) in [6.45, 7) is 5.75. The quantitative estimate of drug-likeness (QED) is 0.426. The van der Waals surface area contributed by atoms with Crippen LogP contribution in [0.1, 0.15) is 45.6 Å². The van der Waals surface area contributed by atoms with E-state index in [2.05, 4.69) is 10.6 Å². The second-order valence-electron chi connectivity index (χ2n) is 7.42. The largest absolute Gasteiger partial charge is 0.444 e. The monoisotopic (exact) mass is 377 g/mol. The summed E-state index contributed by atoms with van der Waals surface area (Å²) in [5.41, 5.74) is 5.78. The lowest BCUT2D eigenvalue weighted by Gasteiger charge is -2.24. The number of nitrogens with one attached hydrogen (secondary N) is 2. The molecule has 7 nitrogen and oxygen atoms in total. The fraction of sp³-hybridized carbons (Fsp3) is 0.550. The Labute approximate surface area is 161 Å². The number of carbonyl (C=O) groups excluding carboxylic acids is 3. The molecule has 2 amide bonds. The summed E-state index contributed by atoms with van der Waals surface area (Å²) in [6.07, 6.45) is 2.25. The van der Waals surface area contributed by atoms with Gasteiger partial charge in [-0.25, -0.2) is 4.79 Å². The van der Waals surface area contributed by atoms with Crippen molar-refractivity contribution in [3.8, 4) is 0 Å². The van der Waals surface area contributed by atoms with Crippen LogP contribution in [0, 0.1) is 0 Å². The molecule has 150 valence electrons. The second-order valence-corrected chi connectivity index (χ2v) is 7.42. The molecule has 2 atom stereocenters. The van der Waals surface area contributed by atoms with E-state index in [0.717, 1.165) is 12.0 Å². The van der Waals surface area contributed by atoms with Gasteiger partial charge in [-0.1, -0.05) is 30.3 Å². The van der Waals surface area contributed by atoms with Gasteiger partial charge in [0.25, 0.3) is 0 Å². The SMILES string of the molecule is CC(C)(C)OC(=O)NC(CCCCN)C(=O)NC(C=O)Cc1ccccc1. The van der Waals surface area contributed by atoms with Crippen molar-refractivity contribution in [2.45, 2.75) is 64.1 Å². The lowest BCUT2D eigenvalue weighted by molar-refractivity contribution is -0.126. The molecule has 0 aliphatic carbocycles. The number of amides is 2. The van der Waals surface area contributed by atoms with Gasteiger partial charge in [0.2, 0.25) is 5.91 Å². The van der Waals surface area contributed by atoms with E-state index >= 15 is 0 Å². The Morgan fingerprint density at radius 1 is 1.15 bits per heavy atom. The maximum absolute atomic E-state index is 12.6. The summed E-state index contributed by atoms with van der Waals surface area (Å²) in [5.74, 6) is -0.411. The molecule has 0 fully saturated rings. The topological polar surface area (TPSA) is 111 Å². The molecular weight excluding hydrogens is 346 g/mol. The molecule has 0 aliphatic rings. The highest BCUT2D eigenvalue weighted by molar-refractivity contribution is 5.87. The van der Waals surface area contributed by atoms with Crippen molar-refractivity contribution < 1.29 is 19.1 Å². The van der Waals surface area contributed by atoms with Gasteiger partial charge in [0.1, 0.15) is 17.9 Å². The number of aldehydes is 1. The Balaban J connectivity index is 2.72. The maximum Gasteiger partial charge on any atom is 0.408 e. The van der Waals surface area contributed by atoms with E-state index in [9.17, 15) is 14.4 Å². The van der Waals surface area contributed by atoms with Gasteiger partial charge in [0, 0.05) is 0 Å². The van der Waals surface area contributed by atoms with Crippen molar-refractivity contribution in [1.29, 1.82) is 0 Å². The minimum absolute atomic E-state index is 0.387. The van der Waals surface area contributed by atoms with E-state index in [0.29, 0.717) is 32.1 Å². The van der Waals surface area contributed by atoms with Crippen LogP contribution >= 0.6 is 0 Å². The minimum atomic E-state index is -0.787. The summed E-state index contributed by atoms with van der Waals surface area (Å²) in [5, 5.41) is 5.30. The highest BCUT2D eigenvalue weighted by atomic mass is 16.6. The summed E-state index contributed by atoms with van der Waals surface area (Å²) in [4.78, 5) is 36.1. The molecular formula is C20H31N3O4. The number of alkyl carbamates (subject to hydrolysis) is 1. The first kappa shape index (κ1) is 22.6. The van der Waals surface area contributed by atoms with Gasteiger partial charge in [-0.2, -0.15) is 0 Å². The molecule has 0 radical (unpaired) electrons. The number of hydrogen-bond acceptors (Lipinski definition) is 5. The van der Waals surface area contributed by atoms with Crippen LogP contribution < -0.4 is 16.4 Å². The van der Waals surface area contributed by atoms with Gasteiger partial charge in [-0.15, -0.1) is 0 Å². The van der Waals surface area contributed by atoms with Crippen molar-refractivity contribution >= 4 is 18.3 Å². The number of hydrogen-bond donors (Lipinski definition) is 3. The van der Waals surface area contributed by atoms with E-state index < -0.39 is 29.7 Å². The Morgan fingerprint density at radius 3 is 2.37 bits per heavy atom. The first-order chi connectivity index (χ1) is 12.7. The third-order valence-corrected chi connectivity index (χ3v) is 3.74. The average molecular weight is 377 g/mol. The second kappa shape index (κ2) is 11.3. The highest BCUT2D eigenvalue weighted by Crippen LogP contribution is 2.09. The van der Waals surface area contributed by atoms with Gasteiger partial charge in [-0.3, -0.25) is 4.79 Å². The molecule has 0 heterocycles. The molecule has 1 rings (SSSR count). The number of unbranched alkanes of at least 4 members (excludes halogenated alkanes) is 1. The molecule has 0 saturated carbocycles. The highest BCUT2D eigenvalue weighted by Gasteiger charge is 2.25. The number of carbonyl (C=O) groups is 3. The summed E-state index contributed by atoms with van der Waals surface area (Å²) >= 11 is 0. The van der Waals surface area contributed by atoms with Gasteiger partial charge in [-0.05, 0) is 58.6 Å². The zero-order valence-electron chi connectivity index (χ0n) is 16.4. The van der Waals surface area contributed by atoms with Crippen LogP contribution in [-0.4, -0.2) is 42.5 Å². The Morgan fingerprint density at radius 2 is 1.81 bits per heavy atom. The van der Waals surface area contributed by atoms with Crippen LogP contribution in [0.3, 0.4) is 0 Å². The predicted molar refractivity (Wildman–Crippen MR) is 104 cm³/mol. The van der Waals surface area contributed by atoms with Gasteiger partial charge in [0.15, 0.2) is 0 Å². The van der Waals surface area contributed by atoms with Gasteiger partial charge < -0.3 is 25.9 Å². The van der Waals surface area contributed by atoms with Crippen molar-refractivity contribution in [2.75, 3.05) is 6.54 Å². The standard InChI is InChI=1S/C20H31N3O4/c1-20(2,3)27-19(26)23-17(11-7-8-12-21)18(25)22-16(14-24)13-15-9-5-4-6-10-15/h4-6,9-10,14,16-17H,7-8,11-13,21H2,1-3H3,(H,22,25)(H,23,26). The Kier molecular flexibility index (Phi) is 9.50. The molecule has 4 N–H and O–H groups in total. The molecule has 1 aromatic rings. The maximum atomic E-state index is 12.6. The van der Waals surface area contributed by atoms with Crippen LogP contribution in [0.15, 0.2) is 30.3 Å². The van der Waals surface area contributed by atoms with Crippen molar-refractivity contribution in [2.24, 2.45) is 5.73 Å². The summed E-state index contributed by atoms with van der Waals surface area (Å²) in [6, 6.07) is 7.95. The molecule has 2 unspecified atom stereocenters. The third kappa shape index (κ3) is 9.75. The number of ether oxygens (including phenoxy) is 1. The molecule has 1 aromatic carbocycles. The zero-order chi connectivity index (χ0) is 20.3. The van der Waals surface area contributed by atoms with E-state index in [1.807, 2.05) is 30.3 Å². The first-order valence-corrected chi connectivity index (χ1v) is 9.24. The van der Waals surface area contributed by atoms with Crippen LogP contribution in [0.4, 0.5) is 4.79 Å². The summed E-state index contributed by atoms with van der Waals surface area (Å²) < 4.78 is 5.23. The summed E-state index contributed by atoms with van der Waals surface area (Å²) in [7, 11) is 0. The number of benzene rings is 1. The van der Waals surface area contributed by atoms with Crippen molar-refractivity contribution in [1.82, 2.24) is 10.6 Å². The molecule has 7 heteroatoms. The number of rotatable bonds is 10. The van der Waals surface area contributed by atoms with Crippen LogP contribution in [0.25, 0.3) is 0 Å². The first-order valence-electron chi connectivity index (χ1n) is 9.24. The fourth-order valence-corrected chi connectivity index (χ4v) is 2.50. The molecule has 0 saturated heterocycles. The van der Waals surface area contributed by atoms with Crippen molar-refractivity contribution in [3.63, 3.8) is 0 Å². The molecule has 0 spiro atoms.